The highest BCUT2D eigenvalue weighted by Gasteiger charge is 2.08. The van der Waals surface area contributed by atoms with Gasteiger partial charge in [-0.25, -0.2) is 4.68 Å². The van der Waals surface area contributed by atoms with Gasteiger partial charge in [-0.1, -0.05) is 23.8 Å². The molecule has 2 N–H and O–H groups in total. The van der Waals surface area contributed by atoms with Crippen LogP contribution in [-0.4, -0.2) is 14.8 Å². The molecule has 0 radical (unpaired) electrons. The molecule has 3 nitrogen and oxygen atoms in total. The van der Waals surface area contributed by atoms with Gasteiger partial charge in [0, 0.05) is 11.8 Å². The number of nitrogens with two attached hydrogens (primary N) is 1. The average molecular weight is 231 g/mol. The van der Waals surface area contributed by atoms with Crippen molar-refractivity contribution in [3.8, 4) is 5.69 Å². The third-order valence-electron chi connectivity index (χ3n) is 2.38. The Balaban J connectivity index is 2.60. The monoisotopic (exact) mass is 231 g/mol. The van der Waals surface area contributed by atoms with E-state index in [4.69, 9.17) is 18.0 Å². The Morgan fingerprint density at radius 2 is 2.06 bits per heavy atom. The molecule has 1 aromatic heterocycles. The lowest BCUT2D eigenvalue weighted by atomic mass is 10.1. The van der Waals surface area contributed by atoms with Gasteiger partial charge in [-0.05, 0) is 31.5 Å². The normalized spacial score (nSPS) is 10.4. The standard InChI is InChI=1S/C12H13N3S/c1-8-3-4-11(10(5-8)12(13)16)15-7-9(2)6-14-15/h3-7H,1-2H3,(H2,13,16). The first-order chi connectivity index (χ1) is 7.58. The van der Waals surface area contributed by atoms with Crippen LogP contribution in [0, 0.1) is 13.8 Å². The SMILES string of the molecule is Cc1ccc(-n2cc(C)cn2)c(C(N)=S)c1. The summed E-state index contributed by atoms with van der Waals surface area (Å²) >= 11 is 5.05. The molecule has 0 bridgehead atoms. The molecule has 0 unspecified atom stereocenters. The van der Waals surface area contributed by atoms with E-state index in [1.807, 2.05) is 44.4 Å². The minimum absolute atomic E-state index is 0.395. The minimum Gasteiger partial charge on any atom is -0.389 e. The van der Waals surface area contributed by atoms with Gasteiger partial charge in [0.1, 0.15) is 4.99 Å². The molecular formula is C12H13N3S. The molecule has 0 spiro atoms. The van der Waals surface area contributed by atoms with Crippen molar-refractivity contribution in [2.45, 2.75) is 13.8 Å². The van der Waals surface area contributed by atoms with Crippen molar-refractivity contribution in [3.63, 3.8) is 0 Å². The zero-order valence-electron chi connectivity index (χ0n) is 9.27. The molecule has 0 fully saturated rings. The lowest BCUT2D eigenvalue weighted by molar-refractivity contribution is 0.878. The first-order valence-corrected chi connectivity index (χ1v) is 5.41. The third kappa shape index (κ3) is 1.97. The Kier molecular flexibility index (Phi) is 2.75. The fourth-order valence-corrected chi connectivity index (χ4v) is 1.76. The van der Waals surface area contributed by atoms with E-state index in [1.54, 1.807) is 4.68 Å². The van der Waals surface area contributed by atoms with Gasteiger partial charge in [-0.3, -0.25) is 0 Å². The molecule has 0 saturated heterocycles. The van der Waals surface area contributed by atoms with E-state index in [1.165, 1.54) is 0 Å². The lowest BCUT2D eigenvalue weighted by Gasteiger charge is -2.09. The molecule has 82 valence electrons. The zero-order valence-corrected chi connectivity index (χ0v) is 10.1. The van der Waals surface area contributed by atoms with Crippen molar-refractivity contribution in [2.75, 3.05) is 0 Å². The highest BCUT2D eigenvalue weighted by atomic mass is 32.1. The van der Waals surface area contributed by atoms with Crippen LogP contribution < -0.4 is 5.73 Å². The van der Waals surface area contributed by atoms with Gasteiger partial charge in [0.2, 0.25) is 0 Å². The van der Waals surface area contributed by atoms with Crippen LogP contribution in [0.2, 0.25) is 0 Å². The van der Waals surface area contributed by atoms with Crippen LogP contribution in [0.4, 0.5) is 0 Å². The van der Waals surface area contributed by atoms with E-state index in [2.05, 4.69) is 5.10 Å². The van der Waals surface area contributed by atoms with Crippen LogP contribution in [0.3, 0.4) is 0 Å². The molecule has 0 saturated carbocycles. The summed E-state index contributed by atoms with van der Waals surface area (Å²) < 4.78 is 1.79. The van der Waals surface area contributed by atoms with Crippen LogP contribution in [0.15, 0.2) is 30.6 Å². The van der Waals surface area contributed by atoms with E-state index in [9.17, 15) is 0 Å². The molecule has 1 heterocycles. The van der Waals surface area contributed by atoms with E-state index >= 15 is 0 Å². The summed E-state index contributed by atoms with van der Waals surface area (Å²) in [5.74, 6) is 0. The Hall–Kier alpha value is -1.68. The van der Waals surface area contributed by atoms with Crippen LogP contribution >= 0.6 is 12.2 Å². The molecule has 0 atom stereocenters. The highest BCUT2D eigenvalue weighted by molar-refractivity contribution is 7.80. The van der Waals surface area contributed by atoms with Gasteiger partial charge in [-0.2, -0.15) is 5.10 Å². The number of aryl methyl sites for hydroxylation is 2. The number of aromatic nitrogens is 2. The van der Waals surface area contributed by atoms with Gasteiger partial charge in [-0.15, -0.1) is 0 Å². The number of thiocarbonyl (C=S) groups is 1. The molecular weight excluding hydrogens is 218 g/mol. The van der Waals surface area contributed by atoms with Crippen molar-refractivity contribution in [1.82, 2.24) is 9.78 Å². The number of benzene rings is 1. The zero-order chi connectivity index (χ0) is 11.7. The second-order valence-electron chi connectivity index (χ2n) is 3.85. The summed E-state index contributed by atoms with van der Waals surface area (Å²) in [4.78, 5) is 0.395. The van der Waals surface area contributed by atoms with E-state index in [0.29, 0.717) is 4.99 Å². The Morgan fingerprint density at radius 3 is 2.62 bits per heavy atom. The largest absolute Gasteiger partial charge is 0.389 e. The van der Waals surface area contributed by atoms with Gasteiger partial charge >= 0.3 is 0 Å². The number of hydrogen-bond acceptors (Lipinski definition) is 2. The molecule has 16 heavy (non-hydrogen) atoms. The molecule has 0 aliphatic heterocycles. The predicted octanol–water partition coefficient (Wildman–Crippen LogP) is 2.12. The first-order valence-electron chi connectivity index (χ1n) is 5.00. The smallest absolute Gasteiger partial charge is 0.106 e. The number of rotatable bonds is 2. The van der Waals surface area contributed by atoms with Gasteiger partial charge in [0.05, 0.1) is 11.9 Å². The molecule has 1 aromatic carbocycles. The lowest BCUT2D eigenvalue weighted by Crippen LogP contribution is -2.14. The maximum absolute atomic E-state index is 5.72. The second-order valence-corrected chi connectivity index (χ2v) is 4.29. The van der Waals surface area contributed by atoms with Crippen molar-refractivity contribution >= 4 is 17.2 Å². The van der Waals surface area contributed by atoms with Crippen molar-refractivity contribution < 1.29 is 0 Å². The molecule has 0 aliphatic carbocycles. The Labute approximate surface area is 99.9 Å². The second kappa shape index (κ2) is 4.06. The summed E-state index contributed by atoms with van der Waals surface area (Å²) in [6.07, 6.45) is 3.76. The van der Waals surface area contributed by atoms with Crippen molar-refractivity contribution in [1.29, 1.82) is 0 Å². The number of hydrogen-bond donors (Lipinski definition) is 1. The maximum Gasteiger partial charge on any atom is 0.106 e. The molecule has 2 rings (SSSR count). The van der Waals surface area contributed by atoms with E-state index in [-0.39, 0.29) is 0 Å². The predicted molar refractivity (Wildman–Crippen MR) is 68.9 cm³/mol. The molecule has 2 aromatic rings. The minimum atomic E-state index is 0.395. The Bertz CT molecular complexity index is 543. The fourth-order valence-electron chi connectivity index (χ4n) is 1.59. The molecule has 4 heteroatoms. The maximum atomic E-state index is 5.72. The van der Waals surface area contributed by atoms with Gasteiger partial charge < -0.3 is 5.73 Å². The summed E-state index contributed by atoms with van der Waals surface area (Å²) in [6, 6.07) is 5.99. The summed E-state index contributed by atoms with van der Waals surface area (Å²) in [6.45, 7) is 4.01. The van der Waals surface area contributed by atoms with Gasteiger partial charge in [0.15, 0.2) is 0 Å². The highest BCUT2D eigenvalue weighted by Crippen LogP contribution is 2.16. The van der Waals surface area contributed by atoms with Crippen LogP contribution in [-0.2, 0) is 0 Å². The topological polar surface area (TPSA) is 43.8 Å². The van der Waals surface area contributed by atoms with Crippen molar-refractivity contribution in [2.24, 2.45) is 5.73 Å². The van der Waals surface area contributed by atoms with E-state index in [0.717, 1.165) is 22.4 Å². The van der Waals surface area contributed by atoms with E-state index < -0.39 is 0 Å². The summed E-state index contributed by atoms with van der Waals surface area (Å²) in [5, 5.41) is 4.26. The quantitative estimate of drug-likeness (QED) is 0.805. The fraction of sp³-hybridized carbons (Fsp3) is 0.167. The summed E-state index contributed by atoms with van der Waals surface area (Å²) in [7, 11) is 0. The Morgan fingerprint density at radius 1 is 1.31 bits per heavy atom. The summed E-state index contributed by atoms with van der Waals surface area (Å²) in [5.41, 5.74) is 9.74. The molecule has 0 amide bonds. The molecule has 0 aliphatic rings. The van der Waals surface area contributed by atoms with Crippen LogP contribution in [0.25, 0.3) is 5.69 Å². The number of nitrogens with zero attached hydrogens (tertiary/aromatic N) is 2. The van der Waals surface area contributed by atoms with Crippen molar-refractivity contribution in [3.05, 3.63) is 47.3 Å². The van der Waals surface area contributed by atoms with Crippen LogP contribution in [0.1, 0.15) is 16.7 Å². The third-order valence-corrected chi connectivity index (χ3v) is 2.60. The average Bonchev–Trinajstić information content (AvgIpc) is 2.64. The first kappa shape index (κ1) is 10.8. The van der Waals surface area contributed by atoms with Crippen LogP contribution in [0.5, 0.6) is 0 Å². The van der Waals surface area contributed by atoms with Gasteiger partial charge in [0.25, 0.3) is 0 Å².